The van der Waals surface area contributed by atoms with E-state index in [2.05, 4.69) is 0 Å². The first-order valence-electron chi connectivity index (χ1n) is 9.14. The highest BCUT2D eigenvalue weighted by Gasteiger charge is 2.28. The van der Waals surface area contributed by atoms with Crippen LogP contribution < -0.4 is 9.62 Å². The Kier molecular flexibility index (Phi) is 7.66. The van der Waals surface area contributed by atoms with Gasteiger partial charge in [-0.25, -0.2) is 13.2 Å². The number of carbonyl (C=O) groups excluding carboxylic acids is 2. The van der Waals surface area contributed by atoms with Gasteiger partial charge < -0.3 is 10.1 Å². The predicted molar refractivity (Wildman–Crippen MR) is 107 cm³/mol. The monoisotopic (exact) mass is 458 g/mol. The molecule has 0 spiro atoms. The quantitative estimate of drug-likeness (QED) is 0.614. The molecule has 0 saturated heterocycles. The smallest absolute Gasteiger partial charge is 0.405 e. The van der Waals surface area contributed by atoms with Gasteiger partial charge in [-0.3, -0.25) is 9.10 Å². The van der Waals surface area contributed by atoms with Gasteiger partial charge in [0.2, 0.25) is 0 Å². The zero-order valence-corrected chi connectivity index (χ0v) is 17.6. The van der Waals surface area contributed by atoms with Crippen LogP contribution in [0.2, 0.25) is 0 Å². The van der Waals surface area contributed by atoms with Crippen molar-refractivity contribution in [1.29, 1.82) is 0 Å². The van der Waals surface area contributed by atoms with Gasteiger partial charge in [0.25, 0.3) is 15.9 Å². The molecule has 31 heavy (non-hydrogen) atoms. The summed E-state index contributed by atoms with van der Waals surface area (Å²) in [4.78, 5) is 23.5. The maximum absolute atomic E-state index is 13.2. The van der Waals surface area contributed by atoms with E-state index in [9.17, 15) is 31.2 Å². The Bertz CT molecular complexity index is 1040. The van der Waals surface area contributed by atoms with E-state index in [1.165, 1.54) is 16.4 Å². The van der Waals surface area contributed by atoms with Crippen molar-refractivity contribution in [1.82, 2.24) is 5.32 Å². The molecule has 0 atom stereocenters. The standard InChI is InChI=1S/C20H21F3N2O5S/c1-3-25(16-7-5-4-6-8-16)31(28,29)17-11-15(10-9-14(17)2)19(27)30-12-18(26)24-13-20(21,22)23/h4-11H,3,12-13H2,1-2H3,(H,24,26). The summed E-state index contributed by atoms with van der Waals surface area (Å²) in [5, 5.41) is 1.57. The second kappa shape index (κ2) is 9.82. The number of alkyl halides is 3. The number of sulfonamides is 1. The Morgan fingerprint density at radius 3 is 2.32 bits per heavy atom. The van der Waals surface area contributed by atoms with Gasteiger partial charge in [-0.15, -0.1) is 0 Å². The van der Waals surface area contributed by atoms with E-state index in [1.807, 2.05) is 0 Å². The lowest BCUT2D eigenvalue weighted by atomic mass is 10.1. The minimum absolute atomic E-state index is 0.130. The van der Waals surface area contributed by atoms with Crippen LogP contribution in [-0.4, -0.2) is 46.2 Å². The number of amides is 1. The molecule has 0 radical (unpaired) electrons. The SMILES string of the molecule is CCN(c1ccccc1)S(=O)(=O)c1cc(C(=O)OCC(=O)NCC(F)(F)F)ccc1C. The molecule has 1 amide bonds. The number of para-hydroxylation sites is 1. The Morgan fingerprint density at radius 2 is 1.74 bits per heavy atom. The number of benzene rings is 2. The zero-order valence-electron chi connectivity index (χ0n) is 16.8. The molecule has 0 bridgehead atoms. The van der Waals surface area contributed by atoms with Crippen molar-refractivity contribution in [2.45, 2.75) is 24.9 Å². The molecule has 1 N–H and O–H groups in total. The van der Waals surface area contributed by atoms with Crippen molar-refractivity contribution < 1.29 is 35.9 Å². The molecule has 0 aromatic heterocycles. The van der Waals surface area contributed by atoms with Crippen molar-refractivity contribution in [3.8, 4) is 0 Å². The number of ether oxygens (including phenoxy) is 1. The van der Waals surface area contributed by atoms with E-state index < -0.39 is 41.2 Å². The normalized spacial score (nSPS) is 11.6. The highest BCUT2D eigenvalue weighted by atomic mass is 32.2. The first-order valence-corrected chi connectivity index (χ1v) is 10.6. The molecule has 2 aromatic carbocycles. The van der Waals surface area contributed by atoms with Crippen LogP contribution in [0.1, 0.15) is 22.8 Å². The van der Waals surface area contributed by atoms with Gasteiger partial charge in [-0.2, -0.15) is 13.2 Å². The number of anilines is 1. The minimum Gasteiger partial charge on any atom is -0.452 e. The van der Waals surface area contributed by atoms with Gasteiger partial charge in [0.05, 0.1) is 16.1 Å². The van der Waals surface area contributed by atoms with Crippen molar-refractivity contribution in [2.24, 2.45) is 0 Å². The molecule has 0 fully saturated rings. The summed E-state index contributed by atoms with van der Waals surface area (Å²) >= 11 is 0. The molecule has 7 nitrogen and oxygen atoms in total. The summed E-state index contributed by atoms with van der Waals surface area (Å²) in [6.45, 7) is 0.876. The Hall–Kier alpha value is -3.08. The summed E-state index contributed by atoms with van der Waals surface area (Å²) in [5.74, 6) is -2.17. The first-order chi connectivity index (χ1) is 14.5. The maximum Gasteiger partial charge on any atom is 0.405 e. The van der Waals surface area contributed by atoms with Gasteiger partial charge in [0.1, 0.15) is 6.54 Å². The number of hydrogen-bond donors (Lipinski definition) is 1. The second-order valence-electron chi connectivity index (χ2n) is 6.45. The first kappa shape index (κ1) is 24.2. The van der Waals surface area contributed by atoms with Gasteiger partial charge >= 0.3 is 12.1 Å². The molecule has 0 aliphatic rings. The maximum atomic E-state index is 13.2. The molecular formula is C20H21F3N2O5S. The molecule has 2 aromatic rings. The zero-order chi connectivity index (χ0) is 23.2. The molecule has 0 aliphatic carbocycles. The summed E-state index contributed by atoms with van der Waals surface area (Å²) in [5.41, 5.74) is 0.671. The fourth-order valence-electron chi connectivity index (χ4n) is 2.67. The number of hydrogen-bond acceptors (Lipinski definition) is 5. The highest BCUT2D eigenvalue weighted by Crippen LogP contribution is 2.26. The Labute approximate surface area is 177 Å². The fraction of sp³-hybridized carbons (Fsp3) is 0.300. The van der Waals surface area contributed by atoms with E-state index in [1.54, 1.807) is 49.5 Å². The number of nitrogens with one attached hydrogen (secondary N) is 1. The minimum atomic E-state index is -4.59. The predicted octanol–water partition coefficient (Wildman–Crippen LogP) is 3.05. The third kappa shape index (κ3) is 6.45. The largest absolute Gasteiger partial charge is 0.452 e. The van der Waals surface area contributed by atoms with Crippen LogP contribution in [0, 0.1) is 6.92 Å². The molecule has 168 valence electrons. The molecular weight excluding hydrogens is 437 g/mol. The lowest BCUT2D eigenvalue weighted by Gasteiger charge is -2.24. The Morgan fingerprint density at radius 1 is 1.10 bits per heavy atom. The van der Waals surface area contributed by atoms with Gasteiger partial charge in [0, 0.05) is 6.54 Å². The average molecular weight is 458 g/mol. The lowest BCUT2D eigenvalue weighted by Crippen LogP contribution is -2.36. The summed E-state index contributed by atoms with van der Waals surface area (Å²) in [6, 6.07) is 12.2. The van der Waals surface area contributed by atoms with E-state index >= 15 is 0 Å². The second-order valence-corrected chi connectivity index (χ2v) is 8.28. The summed E-state index contributed by atoms with van der Waals surface area (Å²) in [6.07, 6.45) is -4.59. The van der Waals surface area contributed by atoms with Gasteiger partial charge in [0.15, 0.2) is 6.61 Å². The Balaban J connectivity index is 2.21. The number of carbonyl (C=O) groups is 2. The topological polar surface area (TPSA) is 92.8 Å². The molecule has 0 saturated carbocycles. The molecule has 0 aliphatic heterocycles. The van der Waals surface area contributed by atoms with Crippen LogP contribution in [0.25, 0.3) is 0 Å². The fourth-order valence-corrected chi connectivity index (χ4v) is 4.40. The van der Waals surface area contributed by atoms with Crippen LogP contribution in [0.3, 0.4) is 0 Å². The highest BCUT2D eigenvalue weighted by molar-refractivity contribution is 7.92. The summed E-state index contributed by atoms with van der Waals surface area (Å²) < 4.78 is 68.6. The number of esters is 1. The van der Waals surface area contributed by atoms with Crippen LogP contribution in [0.5, 0.6) is 0 Å². The molecule has 2 rings (SSSR count). The van der Waals surface area contributed by atoms with Gasteiger partial charge in [-0.05, 0) is 43.7 Å². The van der Waals surface area contributed by atoms with Crippen LogP contribution in [0.4, 0.5) is 18.9 Å². The molecule has 0 unspecified atom stereocenters. The van der Waals surface area contributed by atoms with E-state index in [4.69, 9.17) is 4.74 Å². The van der Waals surface area contributed by atoms with Crippen LogP contribution >= 0.6 is 0 Å². The van der Waals surface area contributed by atoms with E-state index in [-0.39, 0.29) is 17.0 Å². The van der Waals surface area contributed by atoms with E-state index in [0.717, 1.165) is 6.07 Å². The number of nitrogens with zero attached hydrogens (tertiary/aromatic N) is 1. The van der Waals surface area contributed by atoms with Crippen LogP contribution in [-0.2, 0) is 19.6 Å². The van der Waals surface area contributed by atoms with E-state index in [0.29, 0.717) is 11.3 Å². The van der Waals surface area contributed by atoms with Gasteiger partial charge in [-0.1, -0.05) is 24.3 Å². The molecule has 11 heteroatoms. The van der Waals surface area contributed by atoms with Crippen molar-refractivity contribution >= 4 is 27.6 Å². The summed E-state index contributed by atoms with van der Waals surface area (Å²) in [7, 11) is -4.03. The molecule has 0 heterocycles. The van der Waals surface area contributed by atoms with Crippen molar-refractivity contribution in [3.63, 3.8) is 0 Å². The lowest BCUT2D eigenvalue weighted by molar-refractivity contribution is -0.140. The average Bonchev–Trinajstić information content (AvgIpc) is 2.71. The van der Waals surface area contributed by atoms with Crippen molar-refractivity contribution in [3.05, 3.63) is 59.7 Å². The van der Waals surface area contributed by atoms with Crippen molar-refractivity contribution in [2.75, 3.05) is 24.0 Å². The third-order valence-corrected chi connectivity index (χ3v) is 6.19. The van der Waals surface area contributed by atoms with Crippen LogP contribution in [0.15, 0.2) is 53.4 Å². The third-order valence-electron chi connectivity index (χ3n) is 4.14. The number of aryl methyl sites for hydroxylation is 1. The number of rotatable bonds is 8. The number of halogens is 3.